The van der Waals surface area contributed by atoms with Crippen LogP contribution in [0.1, 0.15) is 25.3 Å². The van der Waals surface area contributed by atoms with Crippen LogP contribution >= 0.6 is 0 Å². The van der Waals surface area contributed by atoms with Gasteiger partial charge in [0, 0.05) is 0 Å². The third-order valence-corrected chi connectivity index (χ3v) is 3.47. The van der Waals surface area contributed by atoms with E-state index in [1.165, 1.54) is 0 Å². The Balaban J connectivity index is 1.95. The summed E-state index contributed by atoms with van der Waals surface area (Å²) in [6, 6.07) is 15.5. The molecule has 2 aromatic rings. The fourth-order valence-corrected chi connectivity index (χ4v) is 2.17. The van der Waals surface area contributed by atoms with E-state index in [4.69, 9.17) is 15.2 Å². The van der Waals surface area contributed by atoms with E-state index in [9.17, 15) is 0 Å². The van der Waals surface area contributed by atoms with Crippen molar-refractivity contribution in [3.63, 3.8) is 0 Å². The molecule has 0 bridgehead atoms. The highest BCUT2D eigenvalue weighted by Crippen LogP contribution is 2.22. The average molecular weight is 327 g/mol. The van der Waals surface area contributed by atoms with Crippen LogP contribution < -0.4 is 20.5 Å². The van der Waals surface area contributed by atoms with Gasteiger partial charge in [0.2, 0.25) is 0 Å². The van der Waals surface area contributed by atoms with Crippen molar-refractivity contribution in [2.75, 3.05) is 19.0 Å². The van der Waals surface area contributed by atoms with Crippen LogP contribution in [-0.2, 0) is 6.54 Å². The zero-order valence-corrected chi connectivity index (χ0v) is 14.3. The number of hydrogen-bond acceptors (Lipinski definition) is 3. The summed E-state index contributed by atoms with van der Waals surface area (Å²) in [6.07, 6.45) is 2.17. The number of rotatable bonds is 8. The van der Waals surface area contributed by atoms with Crippen LogP contribution in [-0.4, -0.2) is 19.7 Å². The van der Waals surface area contributed by atoms with Gasteiger partial charge in [-0.1, -0.05) is 37.6 Å². The van der Waals surface area contributed by atoms with Gasteiger partial charge < -0.3 is 20.5 Å². The first-order chi connectivity index (χ1) is 11.7. The second-order valence-corrected chi connectivity index (χ2v) is 5.38. The monoisotopic (exact) mass is 327 g/mol. The van der Waals surface area contributed by atoms with Crippen LogP contribution in [0.5, 0.6) is 11.5 Å². The van der Waals surface area contributed by atoms with Crippen molar-refractivity contribution in [1.82, 2.24) is 0 Å². The Morgan fingerprint density at radius 3 is 2.79 bits per heavy atom. The highest BCUT2D eigenvalue weighted by molar-refractivity contribution is 5.93. The van der Waals surface area contributed by atoms with Gasteiger partial charge in [0.15, 0.2) is 5.96 Å². The number of hydrogen-bond donors (Lipinski definition) is 2. The molecule has 0 aliphatic rings. The summed E-state index contributed by atoms with van der Waals surface area (Å²) in [5.41, 5.74) is 7.81. The number of nitrogens with two attached hydrogens (primary N) is 1. The number of ether oxygens (including phenoxy) is 2. The predicted octanol–water partition coefficient (Wildman–Crippen LogP) is 3.80. The van der Waals surface area contributed by atoms with E-state index in [1.807, 2.05) is 48.5 Å². The smallest absolute Gasteiger partial charge is 0.193 e. The second kappa shape index (κ2) is 9.45. The van der Waals surface area contributed by atoms with Crippen molar-refractivity contribution in [3.8, 4) is 11.5 Å². The summed E-state index contributed by atoms with van der Waals surface area (Å²) in [7, 11) is 1.62. The SMILES string of the molecule is CCCCOc1cccc(CN=C(N)Nc2ccccc2OC)c1. The Kier molecular flexibility index (Phi) is 6.95. The molecule has 0 aliphatic heterocycles. The van der Waals surface area contributed by atoms with E-state index in [0.29, 0.717) is 12.5 Å². The Morgan fingerprint density at radius 1 is 1.17 bits per heavy atom. The molecule has 0 amide bonds. The third-order valence-electron chi connectivity index (χ3n) is 3.47. The minimum atomic E-state index is 0.344. The number of methoxy groups -OCH3 is 1. The molecule has 2 rings (SSSR count). The summed E-state index contributed by atoms with van der Waals surface area (Å²) in [4.78, 5) is 4.37. The first-order valence-corrected chi connectivity index (χ1v) is 8.14. The van der Waals surface area contributed by atoms with Crippen LogP contribution in [0.3, 0.4) is 0 Å². The van der Waals surface area contributed by atoms with Crippen molar-refractivity contribution in [1.29, 1.82) is 0 Å². The van der Waals surface area contributed by atoms with E-state index in [2.05, 4.69) is 17.2 Å². The normalized spacial score (nSPS) is 11.2. The van der Waals surface area contributed by atoms with Gasteiger partial charge in [0.1, 0.15) is 11.5 Å². The van der Waals surface area contributed by atoms with E-state index in [0.717, 1.165) is 42.2 Å². The zero-order valence-electron chi connectivity index (χ0n) is 14.3. The lowest BCUT2D eigenvalue weighted by Crippen LogP contribution is -2.22. The summed E-state index contributed by atoms with van der Waals surface area (Å²) < 4.78 is 11.0. The quantitative estimate of drug-likeness (QED) is 0.439. The minimum Gasteiger partial charge on any atom is -0.495 e. The van der Waals surface area contributed by atoms with Crippen LogP contribution in [0, 0.1) is 0 Å². The van der Waals surface area contributed by atoms with E-state index in [1.54, 1.807) is 7.11 Å². The van der Waals surface area contributed by atoms with Crippen LogP contribution in [0.15, 0.2) is 53.5 Å². The van der Waals surface area contributed by atoms with E-state index < -0.39 is 0 Å². The molecule has 0 unspecified atom stereocenters. The molecule has 0 heterocycles. The van der Waals surface area contributed by atoms with Crippen molar-refractivity contribution < 1.29 is 9.47 Å². The lowest BCUT2D eigenvalue weighted by Gasteiger charge is -2.10. The molecular formula is C19H25N3O2. The first-order valence-electron chi connectivity index (χ1n) is 8.14. The maximum absolute atomic E-state index is 5.97. The molecule has 0 fully saturated rings. The highest BCUT2D eigenvalue weighted by atomic mass is 16.5. The molecule has 0 atom stereocenters. The maximum Gasteiger partial charge on any atom is 0.193 e. The average Bonchev–Trinajstić information content (AvgIpc) is 2.61. The molecular weight excluding hydrogens is 302 g/mol. The van der Waals surface area contributed by atoms with Crippen molar-refractivity contribution in [2.45, 2.75) is 26.3 Å². The fourth-order valence-electron chi connectivity index (χ4n) is 2.17. The van der Waals surface area contributed by atoms with E-state index >= 15 is 0 Å². The molecule has 3 N–H and O–H groups in total. The summed E-state index contributed by atoms with van der Waals surface area (Å²) in [5, 5.41) is 3.06. The lowest BCUT2D eigenvalue weighted by atomic mass is 10.2. The summed E-state index contributed by atoms with van der Waals surface area (Å²) >= 11 is 0. The molecule has 0 saturated heterocycles. The maximum atomic E-state index is 5.97. The van der Waals surface area contributed by atoms with E-state index in [-0.39, 0.29) is 0 Å². The number of nitrogens with one attached hydrogen (secondary N) is 1. The summed E-state index contributed by atoms with van der Waals surface area (Å²) in [5.74, 6) is 1.94. The van der Waals surface area contributed by atoms with Gasteiger partial charge in [-0.05, 0) is 36.2 Å². The number of anilines is 1. The van der Waals surface area contributed by atoms with Gasteiger partial charge in [-0.3, -0.25) is 0 Å². The number of nitrogens with zero attached hydrogens (tertiary/aromatic N) is 1. The van der Waals surface area contributed by atoms with Crippen LogP contribution in [0.4, 0.5) is 5.69 Å². The van der Waals surface area contributed by atoms with Crippen molar-refractivity contribution in [2.24, 2.45) is 10.7 Å². The van der Waals surface area contributed by atoms with Gasteiger partial charge in [0.05, 0.1) is 25.9 Å². The fraction of sp³-hybridized carbons (Fsp3) is 0.316. The summed E-state index contributed by atoms with van der Waals surface area (Å²) in [6.45, 7) is 3.37. The molecule has 2 aromatic carbocycles. The number of benzene rings is 2. The van der Waals surface area contributed by atoms with Crippen molar-refractivity contribution in [3.05, 3.63) is 54.1 Å². The van der Waals surface area contributed by atoms with Gasteiger partial charge in [-0.25, -0.2) is 4.99 Å². The molecule has 0 saturated carbocycles. The molecule has 5 nitrogen and oxygen atoms in total. The molecule has 0 spiro atoms. The van der Waals surface area contributed by atoms with Gasteiger partial charge in [-0.2, -0.15) is 0 Å². The highest BCUT2D eigenvalue weighted by Gasteiger charge is 2.02. The van der Waals surface area contributed by atoms with Gasteiger partial charge in [-0.15, -0.1) is 0 Å². The zero-order chi connectivity index (χ0) is 17.2. The molecule has 0 radical (unpaired) electrons. The van der Waals surface area contributed by atoms with Crippen LogP contribution in [0.2, 0.25) is 0 Å². The largest absolute Gasteiger partial charge is 0.495 e. The molecule has 128 valence electrons. The lowest BCUT2D eigenvalue weighted by molar-refractivity contribution is 0.309. The van der Waals surface area contributed by atoms with Gasteiger partial charge >= 0.3 is 0 Å². The third kappa shape index (κ3) is 5.50. The first kappa shape index (κ1) is 17.7. The van der Waals surface area contributed by atoms with Crippen LogP contribution in [0.25, 0.3) is 0 Å². The topological polar surface area (TPSA) is 68.9 Å². The molecule has 5 heteroatoms. The predicted molar refractivity (Wildman–Crippen MR) is 98.8 cm³/mol. The van der Waals surface area contributed by atoms with Crippen molar-refractivity contribution >= 4 is 11.6 Å². The Morgan fingerprint density at radius 2 is 2.00 bits per heavy atom. The number of guanidine groups is 1. The Labute approximate surface area is 143 Å². The molecule has 0 aliphatic carbocycles. The Bertz CT molecular complexity index is 671. The van der Waals surface area contributed by atoms with Gasteiger partial charge in [0.25, 0.3) is 0 Å². The number of unbranched alkanes of at least 4 members (excludes halogenated alkanes) is 1. The Hall–Kier alpha value is -2.69. The molecule has 0 aromatic heterocycles. The second-order valence-electron chi connectivity index (χ2n) is 5.38. The molecule has 24 heavy (non-hydrogen) atoms. The number of aliphatic imine (C=N–C) groups is 1. The standard InChI is InChI=1S/C19H25N3O2/c1-3-4-12-24-16-9-7-8-15(13-16)14-21-19(20)22-17-10-5-6-11-18(17)23-2/h5-11,13H,3-4,12,14H2,1-2H3,(H3,20,21,22). The minimum absolute atomic E-state index is 0.344. The number of para-hydroxylation sites is 2.